The molecule has 1 rings (SSSR count). The minimum absolute atomic E-state index is 0.0378. The van der Waals surface area contributed by atoms with Crippen LogP contribution in [0.5, 0.6) is 0 Å². The van der Waals surface area contributed by atoms with Crippen LogP contribution in [0, 0.1) is 0 Å². The summed E-state index contributed by atoms with van der Waals surface area (Å²) in [7, 11) is 0. The van der Waals surface area contributed by atoms with Crippen molar-refractivity contribution in [3.63, 3.8) is 0 Å². The zero-order chi connectivity index (χ0) is 11.6. The molecule has 5 heteroatoms. The predicted octanol–water partition coefficient (Wildman–Crippen LogP) is 3.09. The maximum Gasteiger partial charge on any atom is 0.287 e. The Labute approximate surface area is 99.0 Å². The highest BCUT2D eigenvalue weighted by molar-refractivity contribution is 6.41. The number of hydrogen-bond acceptors (Lipinski definition) is 2. The van der Waals surface area contributed by atoms with Crippen molar-refractivity contribution < 1.29 is 0 Å². The lowest BCUT2D eigenvalue weighted by Gasteiger charge is -2.25. The van der Waals surface area contributed by atoms with E-state index >= 15 is 0 Å². The van der Waals surface area contributed by atoms with Crippen molar-refractivity contribution in [3.05, 3.63) is 26.6 Å². The van der Waals surface area contributed by atoms with Crippen molar-refractivity contribution in [1.29, 1.82) is 0 Å². The average molecular weight is 249 g/mol. The van der Waals surface area contributed by atoms with Gasteiger partial charge >= 0.3 is 0 Å². The minimum atomic E-state index is -0.333. The van der Waals surface area contributed by atoms with Crippen molar-refractivity contribution in [2.45, 2.75) is 39.2 Å². The smallest absolute Gasteiger partial charge is 0.266 e. The molecule has 0 N–H and O–H groups in total. The first kappa shape index (κ1) is 12.5. The molecule has 84 valence electrons. The second kappa shape index (κ2) is 4.54. The molecule has 1 aromatic rings. The van der Waals surface area contributed by atoms with Gasteiger partial charge in [-0.05, 0) is 20.3 Å². The fourth-order valence-electron chi connectivity index (χ4n) is 1.56. The molecular formula is C10H14Cl2N2O. The summed E-state index contributed by atoms with van der Waals surface area (Å²) in [6, 6.07) is 0. The van der Waals surface area contributed by atoms with E-state index in [1.165, 1.54) is 10.9 Å². The molecule has 0 aliphatic rings. The molecule has 0 amide bonds. The molecule has 0 saturated heterocycles. The quantitative estimate of drug-likeness (QED) is 0.825. The van der Waals surface area contributed by atoms with Crippen molar-refractivity contribution in [1.82, 2.24) is 9.78 Å². The highest BCUT2D eigenvalue weighted by Crippen LogP contribution is 2.21. The molecule has 0 aliphatic heterocycles. The van der Waals surface area contributed by atoms with Gasteiger partial charge in [0.2, 0.25) is 0 Å². The zero-order valence-electron chi connectivity index (χ0n) is 9.05. The van der Waals surface area contributed by atoms with Gasteiger partial charge in [-0.2, -0.15) is 5.10 Å². The topological polar surface area (TPSA) is 34.9 Å². The van der Waals surface area contributed by atoms with E-state index in [1.54, 1.807) is 0 Å². The average Bonchev–Trinajstić information content (AvgIpc) is 2.13. The monoisotopic (exact) mass is 248 g/mol. The number of halogens is 2. The van der Waals surface area contributed by atoms with E-state index in [9.17, 15) is 4.79 Å². The number of nitrogens with zero attached hydrogens (tertiary/aromatic N) is 2. The first-order valence-electron chi connectivity index (χ1n) is 4.84. The van der Waals surface area contributed by atoms with Crippen LogP contribution in [0.1, 0.15) is 33.6 Å². The Morgan fingerprint density at radius 3 is 2.60 bits per heavy atom. The first-order valence-corrected chi connectivity index (χ1v) is 5.59. The van der Waals surface area contributed by atoms with Crippen LogP contribution in [0.15, 0.2) is 11.0 Å². The van der Waals surface area contributed by atoms with Gasteiger partial charge in [-0.1, -0.05) is 36.5 Å². The van der Waals surface area contributed by atoms with Crippen molar-refractivity contribution in [3.8, 4) is 0 Å². The van der Waals surface area contributed by atoms with Gasteiger partial charge in [0, 0.05) is 0 Å². The Hall–Kier alpha value is -0.540. The molecule has 0 unspecified atom stereocenters. The van der Waals surface area contributed by atoms with E-state index in [0.29, 0.717) is 0 Å². The Balaban J connectivity index is 3.28. The lowest BCUT2D eigenvalue weighted by atomic mass is 9.99. The van der Waals surface area contributed by atoms with Crippen molar-refractivity contribution in [2.75, 3.05) is 0 Å². The van der Waals surface area contributed by atoms with E-state index in [1.807, 2.05) is 13.8 Å². The fourth-order valence-corrected chi connectivity index (χ4v) is 1.81. The van der Waals surface area contributed by atoms with Crippen LogP contribution in [-0.4, -0.2) is 9.78 Å². The second-order valence-electron chi connectivity index (χ2n) is 4.09. The van der Waals surface area contributed by atoms with Crippen molar-refractivity contribution >= 4 is 23.2 Å². The molecule has 1 heterocycles. The molecule has 0 saturated carbocycles. The minimum Gasteiger partial charge on any atom is -0.266 e. The van der Waals surface area contributed by atoms with Crippen LogP contribution >= 0.6 is 23.2 Å². The molecule has 0 radical (unpaired) electrons. The van der Waals surface area contributed by atoms with Crippen LogP contribution in [0.25, 0.3) is 0 Å². The molecule has 1 aromatic heterocycles. The van der Waals surface area contributed by atoms with Crippen LogP contribution in [0.4, 0.5) is 0 Å². The van der Waals surface area contributed by atoms with E-state index in [2.05, 4.69) is 12.0 Å². The van der Waals surface area contributed by atoms with Gasteiger partial charge in [0.15, 0.2) is 0 Å². The molecule has 0 aliphatic carbocycles. The van der Waals surface area contributed by atoms with Gasteiger partial charge in [0.1, 0.15) is 5.02 Å². The second-order valence-corrected chi connectivity index (χ2v) is 4.87. The van der Waals surface area contributed by atoms with Crippen LogP contribution < -0.4 is 5.56 Å². The lowest BCUT2D eigenvalue weighted by molar-refractivity contribution is 0.279. The summed E-state index contributed by atoms with van der Waals surface area (Å²) in [5.74, 6) is 0. The number of rotatable bonds is 3. The Morgan fingerprint density at radius 1 is 1.47 bits per heavy atom. The van der Waals surface area contributed by atoms with Crippen LogP contribution in [0.2, 0.25) is 10.0 Å². The van der Waals surface area contributed by atoms with Gasteiger partial charge in [-0.3, -0.25) is 4.79 Å². The highest BCUT2D eigenvalue weighted by Gasteiger charge is 2.23. The molecule has 0 bridgehead atoms. The summed E-state index contributed by atoms with van der Waals surface area (Å²) >= 11 is 11.5. The molecule has 15 heavy (non-hydrogen) atoms. The molecule has 0 fully saturated rings. The lowest BCUT2D eigenvalue weighted by Crippen LogP contribution is -2.38. The van der Waals surface area contributed by atoms with Gasteiger partial charge in [-0.25, -0.2) is 4.68 Å². The summed E-state index contributed by atoms with van der Waals surface area (Å²) in [5, 5.41) is 4.25. The van der Waals surface area contributed by atoms with E-state index < -0.39 is 0 Å². The molecular weight excluding hydrogens is 235 g/mol. The normalized spacial score (nSPS) is 11.8. The summed E-state index contributed by atoms with van der Waals surface area (Å²) in [4.78, 5) is 11.8. The Morgan fingerprint density at radius 2 is 2.07 bits per heavy atom. The number of hydrogen-bond donors (Lipinski definition) is 0. The van der Waals surface area contributed by atoms with Crippen LogP contribution in [-0.2, 0) is 5.54 Å². The number of aromatic nitrogens is 2. The Bertz CT molecular complexity index is 412. The summed E-state index contributed by atoms with van der Waals surface area (Å²) in [6.07, 6.45) is 3.24. The summed E-state index contributed by atoms with van der Waals surface area (Å²) in [5.41, 5.74) is -0.664. The fraction of sp³-hybridized carbons (Fsp3) is 0.600. The molecule has 3 nitrogen and oxygen atoms in total. The summed E-state index contributed by atoms with van der Waals surface area (Å²) in [6.45, 7) is 5.97. The van der Waals surface area contributed by atoms with E-state index in [0.717, 1.165) is 12.8 Å². The van der Waals surface area contributed by atoms with Gasteiger partial charge in [0.05, 0.1) is 16.8 Å². The SMILES string of the molecule is CCCC(C)(C)n1ncc(Cl)c(Cl)c1=O. The largest absolute Gasteiger partial charge is 0.287 e. The first-order chi connectivity index (χ1) is 6.90. The van der Waals surface area contributed by atoms with Crippen LogP contribution in [0.3, 0.4) is 0 Å². The highest BCUT2D eigenvalue weighted by atomic mass is 35.5. The van der Waals surface area contributed by atoms with E-state index in [-0.39, 0.29) is 21.1 Å². The summed E-state index contributed by atoms with van der Waals surface area (Å²) < 4.78 is 1.39. The van der Waals surface area contributed by atoms with Gasteiger partial charge in [-0.15, -0.1) is 0 Å². The third-order valence-corrected chi connectivity index (χ3v) is 3.06. The molecule has 0 aromatic carbocycles. The van der Waals surface area contributed by atoms with Gasteiger partial charge < -0.3 is 0 Å². The molecule has 0 spiro atoms. The third kappa shape index (κ3) is 2.52. The maximum atomic E-state index is 11.8. The third-order valence-electron chi connectivity index (χ3n) is 2.31. The maximum absolute atomic E-state index is 11.8. The standard InChI is InChI=1S/C10H14Cl2N2O/c1-4-5-10(2,3)14-9(15)8(12)7(11)6-13-14/h6H,4-5H2,1-3H3. The van der Waals surface area contributed by atoms with E-state index in [4.69, 9.17) is 23.2 Å². The molecule has 0 atom stereocenters. The Kier molecular flexibility index (Phi) is 3.79. The predicted molar refractivity (Wildman–Crippen MR) is 62.7 cm³/mol. The van der Waals surface area contributed by atoms with Crippen molar-refractivity contribution in [2.24, 2.45) is 0 Å². The zero-order valence-corrected chi connectivity index (χ0v) is 10.6. The van der Waals surface area contributed by atoms with Gasteiger partial charge in [0.25, 0.3) is 5.56 Å².